The van der Waals surface area contributed by atoms with Crippen molar-refractivity contribution in [2.24, 2.45) is 5.92 Å². The van der Waals surface area contributed by atoms with Gasteiger partial charge >= 0.3 is 5.97 Å². The van der Waals surface area contributed by atoms with E-state index in [0.717, 1.165) is 0 Å². The van der Waals surface area contributed by atoms with Crippen LogP contribution >= 0.6 is 0 Å². The predicted octanol–water partition coefficient (Wildman–Crippen LogP) is 2.16. The van der Waals surface area contributed by atoms with Crippen LogP contribution in [0.5, 0.6) is 0 Å². The number of carboxylic acid groups (broad SMARTS) is 1. The molecule has 0 amide bonds. The van der Waals surface area contributed by atoms with Gasteiger partial charge in [-0.3, -0.25) is 9.69 Å². The van der Waals surface area contributed by atoms with Crippen LogP contribution in [0.1, 0.15) is 20.3 Å². The van der Waals surface area contributed by atoms with Gasteiger partial charge in [-0.1, -0.05) is 26.0 Å². The van der Waals surface area contributed by atoms with Gasteiger partial charge in [-0.25, -0.2) is 0 Å². The molecule has 0 aliphatic carbocycles. The average molecular weight is 211 g/mol. The maximum atomic E-state index is 11.1. The normalized spacial score (nSPS) is 12.8. The lowest BCUT2D eigenvalue weighted by Crippen LogP contribution is -2.42. The van der Waals surface area contributed by atoms with Crippen LogP contribution < -0.4 is 0 Å². The third-order valence-electron chi connectivity index (χ3n) is 2.15. The van der Waals surface area contributed by atoms with Crippen molar-refractivity contribution in [2.75, 3.05) is 13.1 Å². The van der Waals surface area contributed by atoms with Gasteiger partial charge in [0.1, 0.15) is 6.04 Å². The molecule has 0 aromatic carbocycles. The Morgan fingerprint density at radius 2 is 1.80 bits per heavy atom. The summed E-state index contributed by atoms with van der Waals surface area (Å²) in [4.78, 5) is 13.0. The summed E-state index contributed by atoms with van der Waals surface area (Å²) in [6.45, 7) is 12.5. The van der Waals surface area contributed by atoms with Crippen LogP contribution in [0.25, 0.3) is 0 Å². The molecular formula is C12H21NO2. The minimum absolute atomic E-state index is 0.364. The molecule has 0 saturated heterocycles. The first kappa shape index (κ1) is 13.9. The Bertz CT molecular complexity index is 214. The number of rotatable bonds is 8. The molecule has 1 N–H and O–H groups in total. The summed E-state index contributed by atoms with van der Waals surface area (Å²) in [6, 6.07) is -0.444. The first-order valence-corrected chi connectivity index (χ1v) is 5.21. The molecule has 15 heavy (non-hydrogen) atoms. The number of nitrogens with zero attached hydrogens (tertiary/aromatic N) is 1. The van der Waals surface area contributed by atoms with E-state index in [1.165, 1.54) is 0 Å². The minimum atomic E-state index is -0.771. The molecule has 0 bridgehead atoms. The van der Waals surface area contributed by atoms with Gasteiger partial charge in [0.25, 0.3) is 0 Å². The smallest absolute Gasteiger partial charge is 0.320 e. The van der Waals surface area contributed by atoms with Crippen molar-refractivity contribution in [1.29, 1.82) is 0 Å². The van der Waals surface area contributed by atoms with E-state index in [-0.39, 0.29) is 0 Å². The molecule has 0 aromatic rings. The predicted molar refractivity (Wildman–Crippen MR) is 62.8 cm³/mol. The van der Waals surface area contributed by atoms with Gasteiger partial charge in [-0.2, -0.15) is 0 Å². The van der Waals surface area contributed by atoms with Crippen molar-refractivity contribution in [3.05, 3.63) is 25.3 Å². The van der Waals surface area contributed by atoms with Crippen LogP contribution in [0.4, 0.5) is 0 Å². The number of carboxylic acids is 1. The lowest BCUT2D eigenvalue weighted by molar-refractivity contribution is -0.143. The molecule has 0 fully saturated rings. The molecule has 0 unspecified atom stereocenters. The summed E-state index contributed by atoms with van der Waals surface area (Å²) >= 11 is 0. The molecular weight excluding hydrogens is 190 g/mol. The second-order valence-electron chi connectivity index (χ2n) is 4.01. The number of hydrogen-bond donors (Lipinski definition) is 1. The second kappa shape index (κ2) is 7.23. The van der Waals surface area contributed by atoms with Gasteiger partial charge in [0.05, 0.1) is 0 Å². The molecule has 0 rings (SSSR count). The minimum Gasteiger partial charge on any atom is -0.480 e. The van der Waals surface area contributed by atoms with E-state index in [9.17, 15) is 4.79 Å². The van der Waals surface area contributed by atoms with Crippen LogP contribution in [-0.2, 0) is 4.79 Å². The van der Waals surface area contributed by atoms with E-state index in [1.54, 1.807) is 12.2 Å². The van der Waals surface area contributed by atoms with Gasteiger partial charge in [-0.15, -0.1) is 13.2 Å². The molecule has 0 heterocycles. The van der Waals surface area contributed by atoms with Crippen molar-refractivity contribution in [3.63, 3.8) is 0 Å². The zero-order valence-electron chi connectivity index (χ0n) is 9.65. The number of aliphatic carboxylic acids is 1. The first-order valence-electron chi connectivity index (χ1n) is 5.21. The Labute approximate surface area is 92.1 Å². The monoisotopic (exact) mass is 211 g/mol. The zero-order chi connectivity index (χ0) is 11.8. The van der Waals surface area contributed by atoms with Crippen LogP contribution in [-0.4, -0.2) is 35.1 Å². The van der Waals surface area contributed by atoms with Crippen LogP contribution in [0.2, 0.25) is 0 Å². The molecule has 0 aliphatic rings. The topological polar surface area (TPSA) is 40.5 Å². The molecule has 1 atom stereocenters. The zero-order valence-corrected chi connectivity index (χ0v) is 9.65. The van der Waals surface area contributed by atoms with Crippen LogP contribution in [0.3, 0.4) is 0 Å². The van der Waals surface area contributed by atoms with Crippen molar-refractivity contribution < 1.29 is 9.90 Å². The molecule has 3 heteroatoms. The second-order valence-corrected chi connectivity index (χ2v) is 4.01. The molecule has 0 saturated carbocycles. The Balaban J connectivity index is 4.57. The van der Waals surface area contributed by atoms with Crippen molar-refractivity contribution in [1.82, 2.24) is 4.90 Å². The third kappa shape index (κ3) is 5.37. The highest BCUT2D eigenvalue weighted by Gasteiger charge is 2.24. The lowest BCUT2D eigenvalue weighted by atomic mass is 10.0. The van der Waals surface area contributed by atoms with Gasteiger partial charge in [0.2, 0.25) is 0 Å². The molecule has 3 nitrogen and oxygen atoms in total. The van der Waals surface area contributed by atoms with E-state index >= 15 is 0 Å². The molecule has 86 valence electrons. The summed E-state index contributed by atoms with van der Waals surface area (Å²) in [7, 11) is 0. The maximum absolute atomic E-state index is 11.1. The SMILES string of the molecule is C=CCN(CC=C)[C@@H](CC(C)C)C(=O)O. The molecule has 0 aliphatic heterocycles. The van der Waals surface area contributed by atoms with Gasteiger partial charge in [-0.05, 0) is 12.3 Å². The summed E-state index contributed by atoms with van der Waals surface area (Å²) in [5.41, 5.74) is 0. The summed E-state index contributed by atoms with van der Waals surface area (Å²) < 4.78 is 0. The number of hydrogen-bond acceptors (Lipinski definition) is 2. The standard InChI is InChI=1S/C12H21NO2/c1-5-7-13(8-6-2)11(12(14)15)9-10(3)4/h5-6,10-11H,1-2,7-9H2,3-4H3,(H,14,15)/t11-/m0/s1. The summed E-state index contributed by atoms with van der Waals surface area (Å²) in [5.74, 6) is -0.407. The van der Waals surface area contributed by atoms with E-state index in [0.29, 0.717) is 25.4 Å². The quantitative estimate of drug-likeness (QED) is 0.625. The largest absolute Gasteiger partial charge is 0.480 e. The highest BCUT2D eigenvalue weighted by Crippen LogP contribution is 2.12. The third-order valence-corrected chi connectivity index (χ3v) is 2.15. The van der Waals surface area contributed by atoms with Crippen LogP contribution in [0, 0.1) is 5.92 Å². The lowest BCUT2D eigenvalue weighted by Gasteiger charge is -2.27. The van der Waals surface area contributed by atoms with E-state index in [4.69, 9.17) is 5.11 Å². The van der Waals surface area contributed by atoms with E-state index in [2.05, 4.69) is 13.2 Å². The molecule has 0 aromatic heterocycles. The van der Waals surface area contributed by atoms with E-state index in [1.807, 2.05) is 18.7 Å². The van der Waals surface area contributed by atoms with Crippen molar-refractivity contribution in [2.45, 2.75) is 26.3 Å². The fraction of sp³-hybridized carbons (Fsp3) is 0.583. The van der Waals surface area contributed by atoms with Gasteiger partial charge in [0, 0.05) is 13.1 Å². The molecule has 0 spiro atoms. The first-order chi connectivity index (χ1) is 7.02. The number of carbonyl (C=O) groups is 1. The Morgan fingerprint density at radius 3 is 2.07 bits per heavy atom. The summed E-state index contributed by atoms with van der Waals surface area (Å²) in [6.07, 6.45) is 4.09. The van der Waals surface area contributed by atoms with Crippen LogP contribution in [0.15, 0.2) is 25.3 Å². The van der Waals surface area contributed by atoms with Crippen molar-refractivity contribution >= 4 is 5.97 Å². The molecule has 0 radical (unpaired) electrons. The van der Waals surface area contributed by atoms with Gasteiger partial charge in [0.15, 0.2) is 0 Å². The summed E-state index contributed by atoms with van der Waals surface area (Å²) in [5, 5.41) is 9.14. The Hall–Kier alpha value is -1.09. The Kier molecular flexibility index (Phi) is 6.71. The van der Waals surface area contributed by atoms with Crippen molar-refractivity contribution in [3.8, 4) is 0 Å². The highest BCUT2D eigenvalue weighted by atomic mass is 16.4. The Morgan fingerprint density at radius 1 is 1.33 bits per heavy atom. The fourth-order valence-electron chi connectivity index (χ4n) is 1.51. The average Bonchev–Trinajstić information content (AvgIpc) is 2.13. The van der Waals surface area contributed by atoms with E-state index < -0.39 is 12.0 Å². The van der Waals surface area contributed by atoms with Gasteiger partial charge < -0.3 is 5.11 Å². The highest BCUT2D eigenvalue weighted by molar-refractivity contribution is 5.73. The maximum Gasteiger partial charge on any atom is 0.320 e. The fourth-order valence-corrected chi connectivity index (χ4v) is 1.51.